The third-order valence-corrected chi connectivity index (χ3v) is 5.01. The van der Waals surface area contributed by atoms with Gasteiger partial charge in [0.1, 0.15) is 17.4 Å². The van der Waals surface area contributed by atoms with Gasteiger partial charge in [0, 0.05) is 16.8 Å². The molecule has 0 unspecified atom stereocenters. The lowest BCUT2D eigenvalue weighted by Gasteiger charge is -2.26. The molecule has 5 nitrogen and oxygen atoms in total. The number of carbonyl (C=O) groups is 2. The van der Waals surface area contributed by atoms with Gasteiger partial charge in [-0.05, 0) is 37.1 Å². The highest BCUT2D eigenvalue weighted by atomic mass is 16.5. The number of rotatable bonds is 4. The number of hydrogen-bond donors (Lipinski definition) is 1. The van der Waals surface area contributed by atoms with E-state index in [4.69, 9.17) is 9.47 Å². The fourth-order valence-corrected chi connectivity index (χ4v) is 3.57. The second kappa shape index (κ2) is 7.80. The largest absolute Gasteiger partial charge is 0.457 e. The minimum atomic E-state index is -0.635. The van der Waals surface area contributed by atoms with Crippen LogP contribution >= 0.6 is 0 Å². The number of esters is 1. The van der Waals surface area contributed by atoms with Crippen molar-refractivity contribution in [3.8, 4) is 11.5 Å². The van der Waals surface area contributed by atoms with Crippen LogP contribution in [-0.4, -0.2) is 18.5 Å². The Balaban J connectivity index is 1.51. The highest BCUT2D eigenvalue weighted by Gasteiger charge is 2.33. The van der Waals surface area contributed by atoms with Gasteiger partial charge in [-0.2, -0.15) is 0 Å². The molecule has 0 saturated heterocycles. The van der Waals surface area contributed by atoms with Crippen LogP contribution in [0.3, 0.4) is 0 Å². The van der Waals surface area contributed by atoms with Crippen LogP contribution in [0, 0.1) is 13.8 Å². The molecule has 1 N–H and O–H groups in total. The summed E-state index contributed by atoms with van der Waals surface area (Å²) in [6.07, 6.45) is 0. The zero-order valence-electron chi connectivity index (χ0n) is 16.3. The molecule has 0 saturated carbocycles. The van der Waals surface area contributed by atoms with Crippen LogP contribution in [0.5, 0.6) is 11.5 Å². The molecular weight excluding hydrogens is 366 g/mol. The van der Waals surface area contributed by atoms with Crippen LogP contribution in [0.2, 0.25) is 0 Å². The number of aryl methyl sites for hydroxylation is 2. The van der Waals surface area contributed by atoms with Gasteiger partial charge in [0.15, 0.2) is 6.61 Å². The molecule has 0 spiro atoms. The van der Waals surface area contributed by atoms with Gasteiger partial charge < -0.3 is 14.8 Å². The number of hydrogen-bond acceptors (Lipinski definition) is 4. The van der Waals surface area contributed by atoms with Crippen LogP contribution in [0.1, 0.15) is 28.2 Å². The van der Waals surface area contributed by atoms with Crippen LogP contribution in [0.15, 0.2) is 66.7 Å². The van der Waals surface area contributed by atoms with E-state index in [0.29, 0.717) is 11.5 Å². The Morgan fingerprint density at radius 3 is 2.00 bits per heavy atom. The maximum Gasteiger partial charge on any atom is 0.318 e. The van der Waals surface area contributed by atoms with Crippen molar-refractivity contribution < 1.29 is 19.1 Å². The maximum absolute atomic E-state index is 13.0. The monoisotopic (exact) mass is 387 g/mol. The first-order valence-corrected chi connectivity index (χ1v) is 9.43. The highest BCUT2D eigenvalue weighted by Crippen LogP contribution is 2.44. The molecule has 1 amide bonds. The van der Waals surface area contributed by atoms with Crippen LogP contribution < -0.4 is 10.1 Å². The molecule has 5 heteroatoms. The van der Waals surface area contributed by atoms with Gasteiger partial charge in [-0.15, -0.1) is 0 Å². The Kier molecular flexibility index (Phi) is 5.04. The van der Waals surface area contributed by atoms with Crippen LogP contribution in [-0.2, 0) is 14.3 Å². The molecule has 29 heavy (non-hydrogen) atoms. The van der Waals surface area contributed by atoms with Crippen LogP contribution in [0.4, 0.5) is 5.69 Å². The van der Waals surface area contributed by atoms with Crippen molar-refractivity contribution in [2.24, 2.45) is 0 Å². The first-order chi connectivity index (χ1) is 14.0. The van der Waals surface area contributed by atoms with Crippen molar-refractivity contribution in [1.82, 2.24) is 0 Å². The minimum Gasteiger partial charge on any atom is -0.457 e. The fraction of sp³-hybridized carbons (Fsp3) is 0.167. The zero-order chi connectivity index (χ0) is 20.4. The summed E-state index contributed by atoms with van der Waals surface area (Å²) in [4.78, 5) is 25.3. The van der Waals surface area contributed by atoms with E-state index in [2.05, 4.69) is 5.32 Å². The molecule has 3 aromatic carbocycles. The summed E-state index contributed by atoms with van der Waals surface area (Å²) in [5.74, 6) is -0.250. The number of nitrogens with one attached hydrogen (secondary N) is 1. The van der Waals surface area contributed by atoms with Gasteiger partial charge in [-0.3, -0.25) is 9.59 Å². The van der Waals surface area contributed by atoms with Gasteiger partial charge in [-0.25, -0.2) is 0 Å². The van der Waals surface area contributed by atoms with Gasteiger partial charge in [0.05, 0.1) is 0 Å². The predicted octanol–water partition coefficient (Wildman–Crippen LogP) is 4.72. The SMILES string of the molecule is Cc1cccc(C)c1NC(=O)COC(=O)C1c2ccccc2Oc2ccccc21. The van der Waals surface area contributed by atoms with E-state index in [-0.39, 0.29) is 12.5 Å². The zero-order valence-corrected chi connectivity index (χ0v) is 16.3. The molecule has 0 aromatic heterocycles. The summed E-state index contributed by atoms with van der Waals surface area (Å²) in [6.45, 7) is 3.49. The molecule has 1 aliphatic heterocycles. The van der Waals surface area contributed by atoms with E-state index in [1.165, 1.54) is 0 Å². The average Bonchev–Trinajstić information content (AvgIpc) is 2.73. The molecule has 3 aromatic rings. The number of fused-ring (bicyclic) bond motifs is 2. The van der Waals surface area contributed by atoms with Gasteiger partial charge in [0.2, 0.25) is 0 Å². The second-order valence-corrected chi connectivity index (χ2v) is 7.03. The smallest absolute Gasteiger partial charge is 0.318 e. The molecule has 0 fully saturated rings. The van der Waals surface area contributed by atoms with E-state index < -0.39 is 11.9 Å². The van der Waals surface area contributed by atoms with Gasteiger partial charge in [-0.1, -0.05) is 54.6 Å². The van der Waals surface area contributed by atoms with Crippen molar-refractivity contribution in [3.05, 3.63) is 89.0 Å². The molecule has 1 heterocycles. The molecule has 0 bridgehead atoms. The molecule has 4 rings (SSSR count). The molecular formula is C24H21NO4. The quantitative estimate of drug-likeness (QED) is 0.658. The minimum absolute atomic E-state index is 0.353. The first-order valence-electron chi connectivity index (χ1n) is 9.43. The third-order valence-electron chi connectivity index (χ3n) is 5.01. The summed E-state index contributed by atoms with van der Waals surface area (Å²) < 4.78 is 11.3. The van der Waals surface area contributed by atoms with Crippen molar-refractivity contribution in [2.45, 2.75) is 19.8 Å². The van der Waals surface area contributed by atoms with Crippen LogP contribution in [0.25, 0.3) is 0 Å². The summed E-state index contributed by atoms with van der Waals surface area (Å²) >= 11 is 0. The Morgan fingerprint density at radius 1 is 0.862 bits per heavy atom. The standard InChI is InChI=1S/C24H21NO4/c1-15-8-7-9-16(2)23(15)25-21(26)14-28-24(27)22-17-10-3-5-12-19(17)29-20-13-6-4-11-18(20)22/h3-13,22H,14H2,1-2H3,(H,25,26). The fourth-order valence-electron chi connectivity index (χ4n) is 3.57. The lowest BCUT2D eigenvalue weighted by molar-refractivity contribution is -0.148. The highest BCUT2D eigenvalue weighted by molar-refractivity contribution is 5.95. The molecule has 0 atom stereocenters. The molecule has 1 aliphatic rings. The second-order valence-electron chi connectivity index (χ2n) is 7.03. The molecule has 146 valence electrons. The number of carbonyl (C=O) groups excluding carboxylic acids is 2. The van der Waals surface area contributed by atoms with Crippen molar-refractivity contribution in [3.63, 3.8) is 0 Å². The normalized spacial score (nSPS) is 12.3. The lowest BCUT2D eigenvalue weighted by Crippen LogP contribution is -2.26. The first kappa shape index (κ1) is 18.7. The molecule has 0 aliphatic carbocycles. The Hall–Kier alpha value is -3.60. The maximum atomic E-state index is 13.0. The number of benzene rings is 3. The van der Waals surface area contributed by atoms with E-state index in [1.54, 1.807) is 0 Å². The number of para-hydroxylation sites is 3. The topological polar surface area (TPSA) is 64.6 Å². The average molecular weight is 387 g/mol. The van der Waals surface area contributed by atoms with E-state index in [9.17, 15) is 9.59 Å². The van der Waals surface area contributed by atoms with Crippen molar-refractivity contribution in [2.75, 3.05) is 11.9 Å². The Morgan fingerprint density at radius 2 is 1.41 bits per heavy atom. The Labute approximate surface area is 169 Å². The van der Waals surface area contributed by atoms with E-state index in [0.717, 1.165) is 27.9 Å². The summed E-state index contributed by atoms with van der Waals surface area (Å²) in [7, 11) is 0. The predicted molar refractivity (Wildman–Crippen MR) is 110 cm³/mol. The van der Waals surface area contributed by atoms with E-state index >= 15 is 0 Å². The number of amides is 1. The summed E-state index contributed by atoms with van der Waals surface area (Å²) in [5, 5.41) is 2.83. The Bertz CT molecular complexity index is 1020. The van der Waals surface area contributed by atoms with Gasteiger partial charge in [0.25, 0.3) is 5.91 Å². The third kappa shape index (κ3) is 3.72. The summed E-state index contributed by atoms with van der Waals surface area (Å²) in [5.41, 5.74) is 4.11. The van der Waals surface area contributed by atoms with Crippen molar-refractivity contribution >= 4 is 17.6 Å². The lowest BCUT2D eigenvalue weighted by atomic mass is 9.88. The van der Waals surface area contributed by atoms with Gasteiger partial charge >= 0.3 is 5.97 Å². The van der Waals surface area contributed by atoms with E-state index in [1.807, 2.05) is 80.6 Å². The van der Waals surface area contributed by atoms with Crippen molar-refractivity contribution in [1.29, 1.82) is 0 Å². The molecule has 0 radical (unpaired) electrons. The number of anilines is 1. The number of ether oxygens (including phenoxy) is 2. The summed E-state index contributed by atoms with van der Waals surface area (Å²) in [6, 6.07) is 20.5.